The Morgan fingerprint density at radius 3 is 2.42 bits per heavy atom. The molecule has 2 aromatic carbocycles. The average Bonchev–Trinajstić information content (AvgIpc) is 3.13. The van der Waals surface area contributed by atoms with Crippen molar-refractivity contribution in [3.8, 4) is 16.3 Å². The van der Waals surface area contributed by atoms with Crippen LogP contribution in [0.3, 0.4) is 0 Å². The van der Waals surface area contributed by atoms with Crippen molar-refractivity contribution in [2.75, 3.05) is 38.2 Å². The molecule has 5 nitrogen and oxygen atoms in total. The van der Waals surface area contributed by atoms with Crippen molar-refractivity contribution in [3.63, 3.8) is 0 Å². The molecule has 1 aliphatic heterocycles. The molecule has 0 bridgehead atoms. The molecule has 1 aliphatic rings. The summed E-state index contributed by atoms with van der Waals surface area (Å²) in [7, 11) is 1.64. The van der Waals surface area contributed by atoms with Gasteiger partial charge in [-0.05, 0) is 42.8 Å². The van der Waals surface area contributed by atoms with Gasteiger partial charge in [-0.2, -0.15) is 13.2 Å². The van der Waals surface area contributed by atoms with Crippen LogP contribution >= 0.6 is 11.3 Å². The summed E-state index contributed by atoms with van der Waals surface area (Å²) in [5.74, 6) is 0.820. The molecular formula is C24H24F3N3O2S. The highest BCUT2D eigenvalue weighted by Crippen LogP contribution is 2.32. The number of carbonyl (C=O) groups excluding carboxylic acids is 1. The molecule has 1 saturated heterocycles. The topological polar surface area (TPSA) is 45.7 Å². The van der Waals surface area contributed by atoms with Gasteiger partial charge in [0.15, 0.2) is 0 Å². The first-order chi connectivity index (χ1) is 15.8. The van der Waals surface area contributed by atoms with Crippen LogP contribution in [0.2, 0.25) is 0 Å². The predicted molar refractivity (Wildman–Crippen MR) is 123 cm³/mol. The number of halogens is 3. The van der Waals surface area contributed by atoms with E-state index >= 15 is 0 Å². The number of rotatable bonds is 5. The molecule has 0 atom stereocenters. The van der Waals surface area contributed by atoms with Crippen LogP contribution in [-0.2, 0) is 17.4 Å². The first kappa shape index (κ1) is 23.1. The van der Waals surface area contributed by atoms with Gasteiger partial charge in [0.05, 0.1) is 24.8 Å². The lowest BCUT2D eigenvalue weighted by molar-refractivity contribution is -0.137. The highest BCUT2D eigenvalue weighted by atomic mass is 32.1. The Morgan fingerprint density at radius 1 is 1.03 bits per heavy atom. The van der Waals surface area contributed by atoms with Gasteiger partial charge in [-0.15, -0.1) is 11.3 Å². The Labute approximate surface area is 194 Å². The summed E-state index contributed by atoms with van der Waals surface area (Å²) in [5.41, 5.74) is 1.65. The molecule has 9 heteroatoms. The van der Waals surface area contributed by atoms with E-state index in [1.54, 1.807) is 12.5 Å². The number of alkyl halides is 3. The molecular weight excluding hydrogens is 451 g/mol. The van der Waals surface area contributed by atoms with Gasteiger partial charge in [0.2, 0.25) is 5.91 Å². The number of hydrogen-bond donors (Lipinski definition) is 0. The Balaban J connectivity index is 1.35. The van der Waals surface area contributed by atoms with Crippen molar-refractivity contribution in [2.45, 2.75) is 19.0 Å². The van der Waals surface area contributed by atoms with E-state index in [9.17, 15) is 18.0 Å². The molecule has 33 heavy (non-hydrogen) atoms. The maximum Gasteiger partial charge on any atom is 0.416 e. The summed E-state index contributed by atoms with van der Waals surface area (Å²) in [6.45, 7) is 2.92. The zero-order valence-electron chi connectivity index (χ0n) is 18.1. The SMILES string of the molecule is COc1ccc(N2CCCN(C(=O)Cc3csc(-c4ccc(C(F)(F)F)cc4)n3)CC2)cc1. The van der Waals surface area contributed by atoms with E-state index in [2.05, 4.69) is 9.88 Å². The number of thiazole rings is 1. The van der Waals surface area contributed by atoms with Gasteiger partial charge in [-0.3, -0.25) is 4.79 Å². The van der Waals surface area contributed by atoms with E-state index in [4.69, 9.17) is 4.74 Å². The minimum Gasteiger partial charge on any atom is -0.497 e. The minimum atomic E-state index is -4.37. The number of anilines is 1. The molecule has 0 saturated carbocycles. The van der Waals surface area contributed by atoms with Gasteiger partial charge < -0.3 is 14.5 Å². The molecule has 1 amide bonds. The van der Waals surface area contributed by atoms with Crippen LogP contribution in [0.15, 0.2) is 53.9 Å². The quantitative estimate of drug-likeness (QED) is 0.514. The number of nitrogens with zero attached hydrogens (tertiary/aromatic N) is 3. The zero-order chi connectivity index (χ0) is 23.4. The maximum absolute atomic E-state index is 12.9. The van der Waals surface area contributed by atoms with Crippen LogP contribution in [0.1, 0.15) is 17.7 Å². The van der Waals surface area contributed by atoms with Crippen LogP contribution in [0.5, 0.6) is 5.75 Å². The lowest BCUT2D eigenvalue weighted by Crippen LogP contribution is -2.36. The van der Waals surface area contributed by atoms with E-state index in [-0.39, 0.29) is 12.3 Å². The first-order valence-electron chi connectivity index (χ1n) is 10.6. The van der Waals surface area contributed by atoms with E-state index < -0.39 is 11.7 Å². The summed E-state index contributed by atoms with van der Waals surface area (Å²) in [5, 5.41) is 2.40. The molecule has 4 rings (SSSR count). The predicted octanol–water partition coefficient (Wildman–Crippen LogP) is 5.12. The third kappa shape index (κ3) is 5.65. The first-order valence-corrected chi connectivity index (χ1v) is 11.5. The lowest BCUT2D eigenvalue weighted by atomic mass is 10.1. The van der Waals surface area contributed by atoms with Gasteiger partial charge in [0.1, 0.15) is 10.8 Å². The molecule has 0 radical (unpaired) electrons. The number of aromatic nitrogens is 1. The molecule has 0 spiro atoms. The number of hydrogen-bond acceptors (Lipinski definition) is 5. The fourth-order valence-corrected chi connectivity index (χ4v) is 4.63. The van der Waals surface area contributed by atoms with Crippen molar-refractivity contribution < 1.29 is 22.7 Å². The van der Waals surface area contributed by atoms with Gasteiger partial charge in [-0.1, -0.05) is 12.1 Å². The summed E-state index contributed by atoms with van der Waals surface area (Å²) < 4.78 is 43.5. The summed E-state index contributed by atoms with van der Waals surface area (Å²) >= 11 is 1.33. The Bertz CT molecular complexity index is 1080. The molecule has 0 N–H and O–H groups in total. The Hall–Kier alpha value is -3.07. The monoisotopic (exact) mass is 475 g/mol. The van der Waals surface area contributed by atoms with Gasteiger partial charge in [0, 0.05) is 42.8 Å². The second-order valence-corrected chi connectivity index (χ2v) is 8.67. The number of ether oxygens (including phenoxy) is 1. The van der Waals surface area contributed by atoms with E-state index in [0.29, 0.717) is 29.4 Å². The van der Waals surface area contributed by atoms with E-state index in [1.807, 2.05) is 29.2 Å². The zero-order valence-corrected chi connectivity index (χ0v) is 19.0. The molecule has 0 aliphatic carbocycles. The maximum atomic E-state index is 12.9. The third-order valence-electron chi connectivity index (χ3n) is 5.63. The molecule has 3 aromatic rings. The summed E-state index contributed by atoms with van der Waals surface area (Å²) in [6, 6.07) is 12.8. The molecule has 1 fully saturated rings. The molecule has 0 unspecified atom stereocenters. The van der Waals surface area contributed by atoms with Crippen LogP contribution in [0.4, 0.5) is 18.9 Å². The second-order valence-electron chi connectivity index (χ2n) is 7.82. The number of methoxy groups -OCH3 is 1. The van der Waals surface area contributed by atoms with Crippen LogP contribution in [0.25, 0.3) is 10.6 Å². The molecule has 174 valence electrons. The minimum absolute atomic E-state index is 0.0100. The van der Waals surface area contributed by atoms with Crippen LogP contribution in [-0.4, -0.2) is 49.1 Å². The fraction of sp³-hybridized carbons (Fsp3) is 0.333. The Morgan fingerprint density at radius 2 is 1.76 bits per heavy atom. The number of carbonyl (C=O) groups is 1. The van der Waals surface area contributed by atoms with Gasteiger partial charge >= 0.3 is 6.18 Å². The lowest BCUT2D eigenvalue weighted by Gasteiger charge is -2.23. The van der Waals surface area contributed by atoms with Gasteiger partial charge in [0.25, 0.3) is 0 Å². The molecule has 1 aromatic heterocycles. The van der Waals surface area contributed by atoms with E-state index in [0.717, 1.165) is 43.1 Å². The standard InChI is InChI=1S/C24H24F3N3O2S/c1-32-21-9-7-20(8-10-21)29-11-2-12-30(14-13-29)22(31)15-19-16-33-23(28-19)17-3-5-18(6-4-17)24(25,26)27/h3-10,16H,2,11-15H2,1H3. The van der Waals surface area contributed by atoms with Crippen molar-refractivity contribution in [1.29, 1.82) is 0 Å². The largest absolute Gasteiger partial charge is 0.497 e. The van der Waals surface area contributed by atoms with Crippen molar-refractivity contribution >= 4 is 22.9 Å². The van der Waals surface area contributed by atoms with Crippen molar-refractivity contribution in [2.24, 2.45) is 0 Å². The fourth-order valence-electron chi connectivity index (χ4n) is 3.81. The highest BCUT2D eigenvalue weighted by Gasteiger charge is 2.30. The Kier molecular flexibility index (Phi) is 6.88. The average molecular weight is 476 g/mol. The number of amides is 1. The van der Waals surface area contributed by atoms with Crippen molar-refractivity contribution in [3.05, 3.63) is 65.2 Å². The smallest absolute Gasteiger partial charge is 0.416 e. The highest BCUT2D eigenvalue weighted by molar-refractivity contribution is 7.13. The van der Waals surface area contributed by atoms with Crippen molar-refractivity contribution in [1.82, 2.24) is 9.88 Å². The number of benzene rings is 2. The van der Waals surface area contributed by atoms with Gasteiger partial charge in [-0.25, -0.2) is 4.98 Å². The van der Waals surface area contributed by atoms with Crippen LogP contribution < -0.4 is 9.64 Å². The second kappa shape index (κ2) is 9.82. The normalized spacial score (nSPS) is 14.8. The summed E-state index contributed by atoms with van der Waals surface area (Å²) in [6.07, 6.45) is -3.32. The molecule has 2 heterocycles. The third-order valence-corrected chi connectivity index (χ3v) is 6.57. The summed E-state index contributed by atoms with van der Waals surface area (Å²) in [4.78, 5) is 21.5. The van der Waals surface area contributed by atoms with Crippen LogP contribution in [0, 0.1) is 0 Å². The van der Waals surface area contributed by atoms with E-state index in [1.165, 1.54) is 23.5 Å².